The van der Waals surface area contributed by atoms with Crippen molar-refractivity contribution in [1.29, 1.82) is 0 Å². The molecule has 0 saturated carbocycles. The summed E-state index contributed by atoms with van der Waals surface area (Å²) in [4.78, 5) is 0. The van der Waals surface area contributed by atoms with Crippen molar-refractivity contribution in [2.75, 3.05) is 13.6 Å². The van der Waals surface area contributed by atoms with Crippen LogP contribution in [0.2, 0.25) is 0 Å². The second-order valence-corrected chi connectivity index (χ2v) is 3.23. The number of hydrogen-bond acceptors (Lipinski definition) is 1. The van der Waals surface area contributed by atoms with Crippen molar-refractivity contribution >= 4 is 15.9 Å². The number of halogens is 1. The molecule has 13 heavy (non-hydrogen) atoms. The molecule has 1 nitrogen and oxygen atoms in total. The van der Waals surface area contributed by atoms with E-state index < -0.39 is 0 Å². The predicted molar refractivity (Wildman–Crippen MR) is 59.9 cm³/mol. The normalized spacial score (nSPS) is 9.08. The molecule has 2 heteroatoms. The second-order valence-electron chi connectivity index (χ2n) is 2.67. The third-order valence-corrected chi connectivity index (χ3v) is 2.23. The third-order valence-electron chi connectivity index (χ3n) is 1.58. The Morgan fingerprint density at radius 3 is 3.00 bits per heavy atom. The van der Waals surface area contributed by atoms with Crippen molar-refractivity contribution in [1.82, 2.24) is 5.32 Å². The van der Waals surface area contributed by atoms with Crippen LogP contribution in [-0.4, -0.2) is 13.6 Å². The van der Waals surface area contributed by atoms with Crippen LogP contribution in [0.5, 0.6) is 0 Å². The summed E-state index contributed by atoms with van der Waals surface area (Å²) in [6, 6.07) is 8.23. The fourth-order valence-corrected chi connectivity index (χ4v) is 1.32. The Kier molecular flexibility index (Phi) is 4.59. The first-order chi connectivity index (χ1) is 6.36. The van der Waals surface area contributed by atoms with Gasteiger partial charge in [-0.25, -0.2) is 0 Å². The largest absolute Gasteiger partial charge is 0.309 e. The van der Waals surface area contributed by atoms with Crippen molar-refractivity contribution in [2.24, 2.45) is 0 Å². The lowest BCUT2D eigenvalue weighted by Gasteiger charge is -1.94. The smallest absolute Gasteiger partial charge is 0.0577 e. The van der Waals surface area contributed by atoms with Gasteiger partial charge in [-0.15, -0.1) is 0 Å². The molecule has 0 aliphatic heterocycles. The molecule has 0 aromatic heterocycles. The van der Waals surface area contributed by atoms with Crippen molar-refractivity contribution in [2.45, 2.75) is 5.33 Å². The number of nitrogens with one attached hydrogen (secondary N) is 1. The van der Waals surface area contributed by atoms with Crippen LogP contribution >= 0.6 is 15.9 Å². The molecule has 0 bridgehead atoms. The Labute approximate surface area is 87.7 Å². The maximum atomic E-state index is 3.41. The molecule has 0 atom stereocenters. The quantitative estimate of drug-likeness (QED) is 0.615. The van der Waals surface area contributed by atoms with Crippen molar-refractivity contribution in [3.8, 4) is 11.8 Å². The Balaban J connectivity index is 2.73. The van der Waals surface area contributed by atoms with Crippen LogP contribution in [0.25, 0.3) is 0 Å². The van der Waals surface area contributed by atoms with Crippen LogP contribution in [0.4, 0.5) is 0 Å². The topological polar surface area (TPSA) is 12.0 Å². The van der Waals surface area contributed by atoms with Gasteiger partial charge in [0, 0.05) is 10.9 Å². The van der Waals surface area contributed by atoms with Crippen LogP contribution in [0.15, 0.2) is 24.3 Å². The van der Waals surface area contributed by atoms with E-state index in [1.165, 1.54) is 5.56 Å². The molecule has 0 amide bonds. The lowest BCUT2D eigenvalue weighted by molar-refractivity contribution is 0.938. The SMILES string of the molecule is CNCC#Cc1cccc(CBr)c1. The zero-order valence-corrected chi connectivity index (χ0v) is 9.19. The summed E-state index contributed by atoms with van der Waals surface area (Å²) >= 11 is 3.41. The van der Waals surface area contributed by atoms with E-state index in [2.05, 4.69) is 45.2 Å². The summed E-state index contributed by atoms with van der Waals surface area (Å²) in [6.45, 7) is 0.735. The number of hydrogen-bond donors (Lipinski definition) is 1. The van der Waals surface area contributed by atoms with Gasteiger partial charge in [-0.2, -0.15) is 0 Å². The molecule has 1 N–H and O–H groups in total. The average molecular weight is 238 g/mol. The molecule has 1 aromatic rings. The molecule has 1 rings (SSSR count). The first kappa shape index (κ1) is 10.3. The summed E-state index contributed by atoms with van der Waals surface area (Å²) < 4.78 is 0. The molecule has 0 aliphatic carbocycles. The van der Waals surface area contributed by atoms with E-state index >= 15 is 0 Å². The Morgan fingerprint density at radius 2 is 2.31 bits per heavy atom. The molecule has 0 saturated heterocycles. The van der Waals surface area contributed by atoms with Gasteiger partial charge in [-0.3, -0.25) is 0 Å². The first-order valence-electron chi connectivity index (χ1n) is 4.15. The summed E-state index contributed by atoms with van der Waals surface area (Å²) in [5.74, 6) is 6.11. The molecule has 0 aliphatic rings. The van der Waals surface area contributed by atoms with E-state index in [4.69, 9.17) is 0 Å². The van der Waals surface area contributed by atoms with Crippen molar-refractivity contribution < 1.29 is 0 Å². The van der Waals surface area contributed by atoms with Crippen molar-refractivity contribution in [3.05, 3.63) is 35.4 Å². The summed E-state index contributed by atoms with van der Waals surface area (Å²) in [5.41, 5.74) is 2.34. The van der Waals surface area contributed by atoms with Gasteiger partial charge < -0.3 is 5.32 Å². The molecule has 0 unspecified atom stereocenters. The zero-order valence-electron chi connectivity index (χ0n) is 7.60. The fraction of sp³-hybridized carbons (Fsp3) is 0.273. The van der Waals surface area contributed by atoms with Crippen LogP contribution < -0.4 is 5.32 Å². The minimum absolute atomic E-state index is 0.735. The molecule has 1 aromatic carbocycles. The maximum Gasteiger partial charge on any atom is 0.0577 e. The van der Waals surface area contributed by atoms with Crippen LogP contribution in [0.1, 0.15) is 11.1 Å². The number of rotatable bonds is 2. The Hall–Kier alpha value is -0.780. The molecule has 0 radical (unpaired) electrons. The first-order valence-corrected chi connectivity index (χ1v) is 5.27. The van der Waals surface area contributed by atoms with E-state index in [1.54, 1.807) is 0 Å². The summed E-state index contributed by atoms with van der Waals surface area (Å²) in [6.07, 6.45) is 0. The minimum atomic E-state index is 0.735. The van der Waals surface area contributed by atoms with Crippen LogP contribution in [0.3, 0.4) is 0 Å². The lowest BCUT2D eigenvalue weighted by atomic mass is 10.1. The van der Waals surface area contributed by atoms with Gasteiger partial charge in [-0.1, -0.05) is 39.9 Å². The highest BCUT2D eigenvalue weighted by Gasteiger charge is 1.89. The highest BCUT2D eigenvalue weighted by molar-refractivity contribution is 9.08. The molecule has 68 valence electrons. The van der Waals surface area contributed by atoms with E-state index in [-0.39, 0.29) is 0 Å². The van der Waals surface area contributed by atoms with Crippen molar-refractivity contribution in [3.63, 3.8) is 0 Å². The molecular formula is C11H12BrN. The summed E-state index contributed by atoms with van der Waals surface area (Å²) in [5, 5.41) is 3.87. The maximum absolute atomic E-state index is 3.41. The van der Waals surface area contributed by atoms with Gasteiger partial charge >= 0.3 is 0 Å². The van der Waals surface area contributed by atoms with E-state index in [9.17, 15) is 0 Å². The summed E-state index contributed by atoms with van der Waals surface area (Å²) in [7, 11) is 1.89. The molecule has 0 heterocycles. The van der Waals surface area contributed by atoms with Gasteiger partial charge in [0.05, 0.1) is 6.54 Å². The monoisotopic (exact) mass is 237 g/mol. The highest BCUT2D eigenvalue weighted by Crippen LogP contribution is 2.07. The number of alkyl halides is 1. The van der Waals surface area contributed by atoms with Gasteiger partial charge in [0.2, 0.25) is 0 Å². The van der Waals surface area contributed by atoms with Gasteiger partial charge in [0.1, 0.15) is 0 Å². The van der Waals surface area contributed by atoms with E-state index in [0.717, 1.165) is 17.4 Å². The van der Waals surface area contributed by atoms with Gasteiger partial charge in [0.25, 0.3) is 0 Å². The van der Waals surface area contributed by atoms with Gasteiger partial charge in [-0.05, 0) is 24.7 Å². The minimum Gasteiger partial charge on any atom is -0.309 e. The second kappa shape index (κ2) is 5.80. The van der Waals surface area contributed by atoms with E-state index in [0.29, 0.717) is 0 Å². The third kappa shape index (κ3) is 3.63. The fourth-order valence-electron chi connectivity index (χ4n) is 0.967. The molecule has 0 fully saturated rings. The highest BCUT2D eigenvalue weighted by atomic mass is 79.9. The Bertz CT molecular complexity index is 322. The van der Waals surface area contributed by atoms with Gasteiger partial charge in [0.15, 0.2) is 0 Å². The molecular weight excluding hydrogens is 226 g/mol. The van der Waals surface area contributed by atoms with Crippen LogP contribution in [0, 0.1) is 11.8 Å². The standard InChI is InChI=1S/C11H12BrN/c1-13-7-3-6-10-4-2-5-11(8-10)9-12/h2,4-5,8,13H,7,9H2,1H3. The zero-order chi connectivity index (χ0) is 9.52. The Morgan fingerprint density at radius 1 is 1.46 bits per heavy atom. The number of benzene rings is 1. The van der Waals surface area contributed by atoms with E-state index in [1.807, 2.05) is 19.2 Å². The molecule has 0 spiro atoms. The lowest BCUT2D eigenvalue weighted by Crippen LogP contribution is -2.04. The average Bonchev–Trinajstić information content (AvgIpc) is 2.19. The van der Waals surface area contributed by atoms with Crippen LogP contribution in [-0.2, 0) is 5.33 Å². The predicted octanol–water partition coefficient (Wildman–Crippen LogP) is 2.15.